The molecule has 0 bridgehead atoms. The molecule has 0 radical (unpaired) electrons. The molecule has 17 atom stereocenters. The van der Waals surface area contributed by atoms with Gasteiger partial charge in [0, 0.05) is 6.42 Å². The van der Waals surface area contributed by atoms with Gasteiger partial charge in [0.25, 0.3) is 0 Å². The number of hydrogen-bond donors (Lipinski definition) is 12. The predicted molar refractivity (Wildman–Crippen MR) is 379 cm³/mol. The number of carbonyl (C=O) groups is 1. The normalized spacial score (nSPS) is 27.2. The van der Waals surface area contributed by atoms with Crippen LogP contribution in [0.3, 0.4) is 0 Å². The summed E-state index contributed by atoms with van der Waals surface area (Å²) in [4.78, 5) is 13.4. The molecule has 19 heteroatoms. The smallest absolute Gasteiger partial charge is 0.220 e. The van der Waals surface area contributed by atoms with Gasteiger partial charge in [0.05, 0.1) is 38.6 Å². The maximum Gasteiger partial charge on any atom is 0.220 e. The third-order valence-electron chi connectivity index (χ3n) is 19.7. The first-order chi connectivity index (χ1) is 46.8. The fraction of sp³-hybridized carbons (Fsp3) is 0.909. The minimum absolute atomic E-state index is 0.236. The van der Waals surface area contributed by atoms with E-state index < -0.39 is 124 Å². The maximum absolute atomic E-state index is 13.4. The average molecular weight is 1370 g/mol. The molecule has 0 aromatic heterocycles. The molecule has 3 heterocycles. The topological polar surface area (TPSA) is 307 Å². The molecule has 12 N–H and O–H groups in total. The molecule has 1 amide bonds. The van der Waals surface area contributed by atoms with Gasteiger partial charge in [-0.25, -0.2) is 0 Å². The van der Waals surface area contributed by atoms with E-state index in [1.807, 2.05) is 6.08 Å². The minimum atomic E-state index is -1.98. The Morgan fingerprint density at radius 1 is 0.365 bits per heavy atom. The van der Waals surface area contributed by atoms with Crippen LogP contribution in [0.15, 0.2) is 36.5 Å². The van der Waals surface area contributed by atoms with Gasteiger partial charge in [-0.3, -0.25) is 4.79 Å². The molecule has 3 saturated heterocycles. The van der Waals surface area contributed by atoms with Crippen LogP contribution in [0.2, 0.25) is 0 Å². The molecule has 0 aromatic rings. The summed E-state index contributed by atoms with van der Waals surface area (Å²) in [6.45, 7) is 1.74. The van der Waals surface area contributed by atoms with Crippen molar-refractivity contribution in [2.24, 2.45) is 0 Å². The molecule has 0 aromatic carbocycles. The lowest BCUT2D eigenvalue weighted by Crippen LogP contribution is -2.66. The summed E-state index contributed by atoms with van der Waals surface area (Å²) in [5.41, 5.74) is 0. The number of allylic oxidation sites excluding steroid dienone is 5. The Balaban J connectivity index is 1.34. The monoisotopic (exact) mass is 1370 g/mol. The van der Waals surface area contributed by atoms with Crippen molar-refractivity contribution < 1.29 is 89.4 Å². The molecule has 3 aliphatic heterocycles. The van der Waals surface area contributed by atoms with Gasteiger partial charge in [0.15, 0.2) is 18.9 Å². The zero-order valence-electron chi connectivity index (χ0n) is 60.1. The van der Waals surface area contributed by atoms with Gasteiger partial charge in [-0.05, 0) is 44.9 Å². The number of aliphatic hydroxyl groups is 11. The Labute approximate surface area is 581 Å². The zero-order valence-corrected chi connectivity index (χ0v) is 60.1. The highest BCUT2D eigenvalue weighted by Crippen LogP contribution is 2.33. The van der Waals surface area contributed by atoms with Crippen LogP contribution in [0.1, 0.15) is 316 Å². The third-order valence-corrected chi connectivity index (χ3v) is 19.7. The minimum Gasteiger partial charge on any atom is -0.394 e. The van der Waals surface area contributed by atoms with Crippen molar-refractivity contribution in [2.75, 3.05) is 26.4 Å². The number of nitrogens with one attached hydrogen (secondary N) is 1. The number of hydrogen-bond acceptors (Lipinski definition) is 18. The summed E-state index contributed by atoms with van der Waals surface area (Å²) in [7, 11) is 0. The first-order valence-corrected chi connectivity index (χ1v) is 39.2. The molecule has 3 fully saturated rings. The van der Waals surface area contributed by atoms with Crippen molar-refractivity contribution in [3.63, 3.8) is 0 Å². The highest BCUT2D eigenvalue weighted by molar-refractivity contribution is 5.76. The molecule has 96 heavy (non-hydrogen) atoms. The van der Waals surface area contributed by atoms with Crippen LogP contribution in [-0.2, 0) is 33.2 Å². The molecule has 0 spiro atoms. The van der Waals surface area contributed by atoms with E-state index in [1.165, 1.54) is 238 Å². The van der Waals surface area contributed by atoms with Crippen LogP contribution in [0.4, 0.5) is 0 Å². The maximum atomic E-state index is 13.4. The first kappa shape index (κ1) is 88.2. The molecule has 3 rings (SSSR count). The molecule has 0 saturated carbocycles. The van der Waals surface area contributed by atoms with Crippen LogP contribution < -0.4 is 5.32 Å². The molecular formula is C77H143NO18. The second-order valence-electron chi connectivity index (χ2n) is 28.2. The van der Waals surface area contributed by atoms with Crippen molar-refractivity contribution in [1.29, 1.82) is 0 Å². The number of carbonyl (C=O) groups excluding carboxylic acids is 1. The summed E-state index contributed by atoms with van der Waals surface area (Å²) >= 11 is 0. The molecule has 17 unspecified atom stereocenters. The van der Waals surface area contributed by atoms with Gasteiger partial charge in [-0.1, -0.05) is 301 Å². The first-order valence-electron chi connectivity index (χ1n) is 39.2. The van der Waals surface area contributed by atoms with E-state index in [-0.39, 0.29) is 18.9 Å². The lowest BCUT2D eigenvalue weighted by atomic mass is 9.96. The average Bonchev–Trinajstić information content (AvgIpc) is 0.787. The van der Waals surface area contributed by atoms with Crippen LogP contribution in [-0.4, -0.2) is 193 Å². The van der Waals surface area contributed by atoms with E-state index in [1.54, 1.807) is 6.08 Å². The fourth-order valence-electron chi connectivity index (χ4n) is 13.3. The summed E-state index contributed by atoms with van der Waals surface area (Å²) in [6.07, 6.45) is 44.4. The van der Waals surface area contributed by atoms with Crippen LogP contribution in [0.5, 0.6) is 0 Å². The van der Waals surface area contributed by atoms with E-state index in [4.69, 9.17) is 28.4 Å². The van der Waals surface area contributed by atoms with Gasteiger partial charge in [0.1, 0.15) is 73.2 Å². The van der Waals surface area contributed by atoms with E-state index in [2.05, 4.69) is 43.5 Å². The number of amides is 1. The summed E-state index contributed by atoms with van der Waals surface area (Å²) in [6, 6.07) is -0.995. The number of unbranched alkanes of at least 4 members (excludes halogenated alkanes) is 42. The fourth-order valence-corrected chi connectivity index (χ4v) is 13.3. The molecule has 564 valence electrons. The van der Waals surface area contributed by atoms with Gasteiger partial charge >= 0.3 is 0 Å². The Bertz CT molecular complexity index is 1880. The summed E-state index contributed by atoms with van der Waals surface area (Å²) in [5.74, 6) is -0.284. The van der Waals surface area contributed by atoms with Gasteiger partial charge in [0.2, 0.25) is 5.91 Å². The molecule has 3 aliphatic rings. The lowest BCUT2D eigenvalue weighted by molar-refractivity contribution is -0.379. The quantitative estimate of drug-likeness (QED) is 0.0199. The SMILES string of the molecule is CCCCCCCCC/C=C/CC/C=C/CC/C=C/C(O)C(COC1OC(CO)C(OC2OC(CO)C(OC3OC(CO)C(O)C(O)C3O)C(O)C2O)C(O)C1O)NC(=O)CCCCCCCCCCCCCCCCCCCCCCCCCCCCCCCCCCCC. The van der Waals surface area contributed by atoms with Gasteiger partial charge in [-0.15, -0.1) is 0 Å². The van der Waals surface area contributed by atoms with Gasteiger partial charge in [-0.2, -0.15) is 0 Å². The highest BCUT2D eigenvalue weighted by atomic mass is 16.8. The summed E-state index contributed by atoms with van der Waals surface area (Å²) < 4.78 is 34.4. The highest BCUT2D eigenvalue weighted by Gasteiger charge is 2.53. The van der Waals surface area contributed by atoms with Crippen molar-refractivity contribution in [3.8, 4) is 0 Å². The van der Waals surface area contributed by atoms with Crippen LogP contribution in [0.25, 0.3) is 0 Å². The van der Waals surface area contributed by atoms with Crippen molar-refractivity contribution in [1.82, 2.24) is 5.32 Å². The number of ether oxygens (including phenoxy) is 6. The predicted octanol–water partition coefficient (Wildman–Crippen LogP) is 12.3. The number of aliphatic hydroxyl groups excluding tert-OH is 11. The van der Waals surface area contributed by atoms with E-state index >= 15 is 0 Å². The van der Waals surface area contributed by atoms with Crippen LogP contribution >= 0.6 is 0 Å². The summed E-state index contributed by atoms with van der Waals surface area (Å²) in [5, 5.41) is 121. The van der Waals surface area contributed by atoms with Crippen molar-refractivity contribution >= 4 is 5.91 Å². The largest absolute Gasteiger partial charge is 0.394 e. The Morgan fingerprint density at radius 2 is 0.667 bits per heavy atom. The van der Waals surface area contributed by atoms with Crippen LogP contribution in [0, 0.1) is 0 Å². The van der Waals surface area contributed by atoms with Crippen molar-refractivity contribution in [3.05, 3.63) is 36.5 Å². The lowest BCUT2D eigenvalue weighted by Gasteiger charge is -2.48. The molecular weight excluding hydrogens is 1230 g/mol. The van der Waals surface area contributed by atoms with Crippen molar-refractivity contribution in [2.45, 2.75) is 420 Å². The zero-order chi connectivity index (χ0) is 69.6. The second-order valence-corrected chi connectivity index (χ2v) is 28.2. The molecule has 19 nitrogen and oxygen atoms in total. The van der Waals surface area contributed by atoms with E-state index in [9.17, 15) is 61.0 Å². The third kappa shape index (κ3) is 38.9. The second kappa shape index (κ2) is 58.5. The standard InChI is InChI=1S/C77H143NO18/c1-3-5-7-9-11-13-15-17-19-21-22-23-24-25-26-27-28-29-30-31-32-33-34-35-36-37-39-41-43-45-47-49-51-53-55-65(83)78-60(61(82)54-52-50-48-46-44-42-40-38-20-18-16-14-12-10-8-6-4-2)59-91-75-71(89)68(86)73(63(57-80)93-75)96-77-72(90)69(87)74(64(58-81)94-77)95-76-70(88)67(85)66(84)62(56-79)92-76/h20,38,44,46,52,54,60-64,66-77,79-82,84-90H,3-19,21-37,39-43,45,47-51,53,55-59H2,1-2H3,(H,78,83)/b38-20+,46-44+,54-52+. The Kier molecular flexibility index (Phi) is 53.8. The molecule has 0 aliphatic carbocycles. The Hall–Kier alpha value is -1.99. The number of rotatable bonds is 62. The van der Waals surface area contributed by atoms with Gasteiger partial charge < -0.3 is 89.9 Å². The van der Waals surface area contributed by atoms with E-state index in [0.717, 1.165) is 44.9 Å². The van der Waals surface area contributed by atoms with E-state index in [0.29, 0.717) is 12.8 Å². The Morgan fingerprint density at radius 3 is 1.04 bits per heavy atom.